The molecule has 0 saturated heterocycles. The number of aromatic hydroxyl groups is 1. The van der Waals surface area contributed by atoms with Crippen LogP contribution in [0.1, 0.15) is 12.6 Å². The molecule has 21 heavy (non-hydrogen) atoms. The second kappa shape index (κ2) is 5.36. The van der Waals surface area contributed by atoms with Crippen LogP contribution in [0.15, 0.2) is 42.7 Å². The Hall–Kier alpha value is -2.69. The normalized spacial score (nSPS) is 10.8. The Kier molecular flexibility index (Phi) is 3.39. The Labute approximate surface area is 120 Å². The summed E-state index contributed by atoms with van der Waals surface area (Å²) < 4.78 is 19.5. The lowest BCUT2D eigenvalue weighted by Gasteiger charge is -2.08. The van der Waals surface area contributed by atoms with Gasteiger partial charge in [0.15, 0.2) is 0 Å². The number of rotatable bonds is 3. The van der Waals surface area contributed by atoms with Gasteiger partial charge in [-0.15, -0.1) is 0 Å². The molecule has 3 aromatic rings. The zero-order valence-electron chi connectivity index (χ0n) is 11.4. The fourth-order valence-electron chi connectivity index (χ4n) is 2.09. The fraction of sp³-hybridized carbons (Fsp3) is 0.125. The number of phenols is 1. The molecule has 4 nitrogen and oxygen atoms in total. The fourth-order valence-corrected chi connectivity index (χ4v) is 2.09. The van der Waals surface area contributed by atoms with Gasteiger partial charge in [-0.05, 0) is 41.5 Å². The third kappa shape index (κ3) is 2.63. The van der Waals surface area contributed by atoms with Crippen LogP contribution in [-0.2, 0) is 6.42 Å². The van der Waals surface area contributed by atoms with Crippen molar-refractivity contribution in [3.63, 3.8) is 0 Å². The summed E-state index contributed by atoms with van der Waals surface area (Å²) in [5.74, 6) is -0.0220. The topological polar surface area (TPSA) is 55.2 Å². The molecular weight excluding hydrogens is 271 g/mol. The van der Waals surface area contributed by atoms with Crippen LogP contribution in [0, 0.1) is 5.82 Å². The van der Waals surface area contributed by atoms with Crippen molar-refractivity contribution in [2.45, 2.75) is 13.3 Å². The van der Waals surface area contributed by atoms with E-state index < -0.39 is 5.82 Å². The first-order valence-electron chi connectivity index (χ1n) is 6.57. The summed E-state index contributed by atoms with van der Waals surface area (Å²) in [6, 6.07) is 10.3. The van der Waals surface area contributed by atoms with Gasteiger partial charge in [-0.2, -0.15) is 9.37 Å². The number of halogens is 1. The van der Waals surface area contributed by atoms with E-state index in [0.29, 0.717) is 17.9 Å². The predicted octanol–water partition coefficient (Wildman–Crippen LogP) is 3.83. The van der Waals surface area contributed by atoms with Crippen LogP contribution in [0.25, 0.3) is 10.8 Å². The number of benzene rings is 2. The van der Waals surface area contributed by atoms with Gasteiger partial charge in [0.2, 0.25) is 5.82 Å². The van der Waals surface area contributed by atoms with Crippen LogP contribution in [0.2, 0.25) is 0 Å². The summed E-state index contributed by atoms with van der Waals surface area (Å²) in [7, 11) is 0. The molecule has 0 aliphatic heterocycles. The molecule has 3 rings (SSSR count). The van der Waals surface area contributed by atoms with Crippen molar-refractivity contribution < 1.29 is 14.2 Å². The Morgan fingerprint density at radius 3 is 2.71 bits per heavy atom. The summed E-state index contributed by atoms with van der Waals surface area (Å²) in [5, 5.41) is 11.3. The van der Waals surface area contributed by atoms with E-state index in [4.69, 9.17) is 4.74 Å². The maximum absolute atomic E-state index is 14.0. The molecule has 0 bridgehead atoms. The quantitative estimate of drug-likeness (QED) is 0.794. The number of hydrogen-bond donors (Lipinski definition) is 1. The zero-order valence-corrected chi connectivity index (χ0v) is 11.4. The Bertz CT molecular complexity index is 805. The van der Waals surface area contributed by atoms with E-state index in [1.807, 2.05) is 13.0 Å². The van der Waals surface area contributed by atoms with E-state index in [0.717, 1.165) is 10.8 Å². The van der Waals surface area contributed by atoms with Crippen molar-refractivity contribution in [3.8, 4) is 17.4 Å². The maximum Gasteiger partial charge on any atom is 0.259 e. The molecule has 106 valence electrons. The molecule has 1 heterocycles. The number of hydrogen-bond acceptors (Lipinski definition) is 4. The minimum Gasteiger partial charge on any atom is -0.508 e. The van der Waals surface area contributed by atoms with E-state index >= 15 is 0 Å². The van der Waals surface area contributed by atoms with Gasteiger partial charge < -0.3 is 9.84 Å². The molecule has 5 heteroatoms. The molecular formula is C16H13FN2O2. The van der Waals surface area contributed by atoms with Crippen molar-refractivity contribution in [2.75, 3.05) is 0 Å². The van der Waals surface area contributed by atoms with Crippen molar-refractivity contribution in [1.82, 2.24) is 9.97 Å². The molecule has 0 amide bonds. The summed E-state index contributed by atoms with van der Waals surface area (Å²) >= 11 is 0. The Morgan fingerprint density at radius 2 is 1.90 bits per heavy atom. The lowest BCUT2D eigenvalue weighted by Crippen LogP contribution is -1.99. The smallest absolute Gasteiger partial charge is 0.259 e. The first kappa shape index (κ1) is 13.3. The van der Waals surface area contributed by atoms with Crippen LogP contribution in [0.3, 0.4) is 0 Å². The molecule has 1 N–H and O–H groups in total. The van der Waals surface area contributed by atoms with Crippen LogP contribution in [-0.4, -0.2) is 15.1 Å². The van der Waals surface area contributed by atoms with Gasteiger partial charge in [0.05, 0.1) is 5.69 Å². The summed E-state index contributed by atoms with van der Waals surface area (Å²) in [5.41, 5.74) is 0.318. The van der Waals surface area contributed by atoms with Crippen LogP contribution >= 0.6 is 0 Å². The molecule has 0 radical (unpaired) electrons. The first-order valence-corrected chi connectivity index (χ1v) is 6.57. The second-order valence-corrected chi connectivity index (χ2v) is 4.59. The number of phenolic OH excluding ortho intramolecular Hbond substituents is 1. The molecule has 2 aromatic carbocycles. The van der Waals surface area contributed by atoms with Crippen LogP contribution < -0.4 is 4.74 Å². The third-order valence-electron chi connectivity index (χ3n) is 3.17. The Morgan fingerprint density at radius 1 is 1.10 bits per heavy atom. The van der Waals surface area contributed by atoms with Gasteiger partial charge in [-0.3, -0.25) is 0 Å². The minimum atomic E-state index is -0.545. The highest BCUT2D eigenvalue weighted by molar-refractivity contribution is 5.85. The summed E-state index contributed by atoms with van der Waals surface area (Å²) in [4.78, 5) is 7.68. The van der Waals surface area contributed by atoms with Gasteiger partial charge in [0.25, 0.3) is 5.88 Å². The van der Waals surface area contributed by atoms with E-state index in [9.17, 15) is 9.50 Å². The standard InChI is InChI=1S/C16H13FN2O2/c1-2-14-15(17)16(19-9-18-14)21-13-6-4-10-3-5-12(20)7-11(10)8-13/h3-9,20H,2H2,1H3. The van der Waals surface area contributed by atoms with Gasteiger partial charge in [0, 0.05) is 0 Å². The van der Waals surface area contributed by atoms with E-state index in [-0.39, 0.29) is 11.6 Å². The van der Waals surface area contributed by atoms with E-state index in [1.165, 1.54) is 6.33 Å². The van der Waals surface area contributed by atoms with Crippen molar-refractivity contribution in [1.29, 1.82) is 0 Å². The number of aryl methyl sites for hydroxylation is 1. The maximum atomic E-state index is 14.0. The third-order valence-corrected chi connectivity index (χ3v) is 3.17. The average Bonchev–Trinajstić information content (AvgIpc) is 2.49. The average molecular weight is 284 g/mol. The number of aromatic nitrogens is 2. The number of fused-ring (bicyclic) bond motifs is 1. The minimum absolute atomic E-state index is 0.0960. The Balaban J connectivity index is 1.98. The largest absolute Gasteiger partial charge is 0.508 e. The van der Waals surface area contributed by atoms with Crippen LogP contribution in [0.5, 0.6) is 17.4 Å². The molecule has 0 aliphatic carbocycles. The zero-order chi connectivity index (χ0) is 14.8. The predicted molar refractivity (Wildman–Crippen MR) is 77.1 cm³/mol. The molecule has 0 spiro atoms. The SMILES string of the molecule is CCc1ncnc(Oc2ccc3ccc(O)cc3c2)c1F. The van der Waals surface area contributed by atoms with Gasteiger partial charge in [-0.25, -0.2) is 4.98 Å². The summed E-state index contributed by atoms with van der Waals surface area (Å²) in [6.07, 6.45) is 1.75. The van der Waals surface area contributed by atoms with E-state index in [1.54, 1.807) is 30.3 Å². The molecule has 1 aromatic heterocycles. The van der Waals surface area contributed by atoms with E-state index in [2.05, 4.69) is 9.97 Å². The molecule has 0 fully saturated rings. The first-order chi connectivity index (χ1) is 10.2. The summed E-state index contributed by atoms with van der Waals surface area (Å²) in [6.45, 7) is 1.81. The molecule has 0 aliphatic rings. The molecule has 0 atom stereocenters. The molecule has 0 unspecified atom stereocenters. The van der Waals surface area contributed by atoms with Crippen molar-refractivity contribution in [2.24, 2.45) is 0 Å². The van der Waals surface area contributed by atoms with Gasteiger partial charge in [0.1, 0.15) is 17.8 Å². The van der Waals surface area contributed by atoms with Gasteiger partial charge in [-0.1, -0.05) is 19.1 Å². The highest BCUT2D eigenvalue weighted by Gasteiger charge is 2.12. The van der Waals surface area contributed by atoms with Crippen molar-refractivity contribution in [3.05, 3.63) is 54.2 Å². The monoisotopic (exact) mass is 284 g/mol. The van der Waals surface area contributed by atoms with Gasteiger partial charge >= 0.3 is 0 Å². The molecule has 0 saturated carbocycles. The highest BCUT2D eigenvalue weighted by Crippen LogP contribution is 2.28. The van der Waals surface area contributed by atoms with Crippen LogP contribution in [0.4, 0.5) is 4.39 Å². The lowest BCUT2D eigenvalue weighted by molar-refractivity contribution is 0.415. The second-order valence-electron chi connectivity index (χ2n) is 4.59. The number of ether oxygens (including phenoxy) is 1. The number of nitrogens with zero attached hydrogens (tertiary/aromatic N) is 2. The lowest BCUT2D eigenvalue weighted by atomic mass is 10.1. The van der Waals surface area contributed by atoms with Crippen molar-refractivity contribution >= 4 is 10.8 Å². The highest BCUT2D eigenvalue weighted by atomic mass is 19.1.